The van der Waals surface area contributed by atoms with E-state index in [2.05, 4.69) is 20.8 Å². The number of hydrogen-bond donors (Lipinski definition) is 0. The minimum Gasteiger partial charge on any atom is -0.496 e. The Balaban J connectivity index is 1.86. The van der Waals surface area contributed by atoms with Crippen molar-refractivity contribution in [3.05, 3.63) is 28.8 Å². The van der Waals surface area contributed by atoms with Crippen LogP contribution in [0, 0.1) is 22.7 Å². The third-order valence-electron chi connectivity index (χ3n) is 9.02. The maximum atomic E-state index is 12.9. The van der Waals surface area contributed by atoms with Crippen molar-refractivity contribution in [3.63, 3.8) is 0 Å². The molecule has 5 atom stereocenters. The molecule has 164 valence electrons. The summed E-state index contributed by atoms with van der Waals surface area (Å²) in [6.07, 6.45) is 5.75. The molecule has 3 aliphatic rings. The highest BCUT2D eigenvalue weighted by Gasteiger charge is 2.64. The molecule has 2 saturated carbocycles. The number of hydrogen-bond acceptors (Lipinski definition) is 5. The van der Waals surface area contributed by atoms with E-state index in [4.69, 9.17) is 14.2 Å². The topological polar surface area (TPSA) is 61.8 Å². The minimum absolute atomic E-state index is 0.00832. The fraction of sp³-hybridized carbons (Fsp3) is 0.680. The van der Waals surface area contributed by atoms with Crippen LogP contribution in [0.1, 0.15) is 74.4 Å². The summed E-state index contributed by atoms with van der Waals surface area (Å²) in [6.45, 7) is 6.78. The van der Waals surface area contributed by atoms with Crippen molar-refractivity contribution < 1.29 is 23.8 Å². The number of methoxy groups -OCH3 is 3. The zero-order chi connectivity index (χ0) is 21.9. The van der Waals surface area contributed by atoms with E-state index in [1.165, 1.54) is 14.2 Å². The van der Waals surface area contributed by atoms with Crippen molar-refractivity contribution in [3.8, 4) is 5.75 Å². The van der Waals surface area contributed by atoms with Crippen molar-refractivity contribution in [1.29, 1.82) is 0 Å². The molecule has 0 bridgehead atoms. The Kier molecular flexibility index (Phi) is 4.94. The highest BCUT2D eigenvalue weighted by atomic mass is 16.5. The van der Waals surface area contributed by atoms with E-state index >= 15 is 0 Å². The number of fused-ring (bicyclic) bond motifs is 5. The van der Waals surface area contributed by atoms with E-state index in [9.17, 15) is 9.59 Å². The summed E-state index contributed by atoms with van der Waals surface area (Å²) in [5, 5.41) is 0. The Hall–Kier alpha value is -2.04. The van der Waals surface area contributed by atoms with E-state index in [1.807, 2.05) is 12.1 Å². The predicted octanol–water partition coefficient (Wildman–Crippen LogP) is 4.69. The SMILES string of the molecule is COC(=O)c1ccc(OC)c2c1[C@@]1(C)CC[C@@H]3[C@](C)(CCC[C@@]3(C)C(=O)OC)[C@H]1C2. The minimum atomic E-state index is -0.451. The summed E-state index contributed by atoms with van der Waals surface area (Å²) in [4.78, 5) is 25.5. The van der Waals surface area contributed by atoms with Gasteiger partial charge >= 0.3 is 11.9 Å². The van der Waals surface area contributed by atoms with Crippen molar-refractivity contribution in [2.45, 2.75) is 64.7 Å². The lowest BCUT2D eigenvalue weighted by Crippen LogP contribution is -2.58. The van der Waals surface area contributed by atoms with Crippen molar-refractivity contribution >= 4 is 11.9 Å². The van der Waals surface area contributed by atoms with Crippen LogP contribution in [0.4, 0.5) is 0 Å². The standard InChI is InChI=1S/C25H34O5/c1-23-11-7-12-25(3,22(27)30-6)18(23)10-13-24(2)19(23)14-16-17(28-4)9-8-15(20(16)24)21(26)29-5/h8-9,18-19H,7,10-14H2,1-6H3/t18-,19-,23+,24+,25-/m1/s1. The van der Waals surface area contributed by atoms with E-state index in [0.717, 1.165) is 55.4 Å². The van der Waals surface area contributed by atoms with Crippen LogP contribution in [0.15, 0.2) is 12.1 Å². The number of ether oxygens (including phenoxy) is 3. The van der Waals surface area contributed by atoms with Crippen LogP contribution in [0.2, 0.25) is 0 Å². The molecular weight excluding hydrogens is 380 g/mol. The highest BCUT2D eigenvalue weighted by Crippen LogP contribution is 2.68. The average Bonchev–Trinajstić information content (AvgIpc) is 3.06. The Morgan fingerprint density at radius 3 is 2.33 bits per heavy atom. The summed E-state index contributed by atoms with van der Waals surface area (Å²) in [7, 11) is 4.64. The molecule has 1 aromatic carbocycles. The fourth-order valence-electron chi connectivity index (χ4n) is 7.72. The molecule has 2 fully saturated rings. The van der Waals surface area contributed by atoms with Gasteiger partial charge in [0.1, 0.15) is 5.75 Å². The largest absolute Gasteiger partial charge is 0.496 e. The lowest BCUT2D eigenvalue weighted by Gasteiger charge is -2.60. The van der Waals surface area contributed by atoms with Gasteiger partial charge in [-0.05, 0) is 85.0 Å². The predicted molar refractivity (Wildman–Crippen MR) is 114 cm³/mol. The number of carbonyl (C=O) groups is 2. The highest BCUT2D eigenvalue weighted by molar-refractivity contribution is 5.93. The molecule has 0 saturated heterocycles. The zero-order valence-electron chi connectivity index (χ0n) is 19.1. The lowest BCUT2D eigenvalue weighted by molar-refractivity contribution is -0.173. The first-order valence-electron chi connectivity index (χ1n) is 11.0. The molecule has 5 nitrogen and oxygen atoms in total. The fourth-order valence-corrected chi connectivity index (χ4v) is 7.72. The molecule has 0 amide bonds. The molecule has 1 aromatic rings. The molecule has 30 heavy (non-hydrogen) atoms. The maximum absolute atomic E-state index is 12.9. The third-order valence-corrected chi connectivity index (χ3v) is 9.02. The van der Waals surface area contributed by atoms with Gasteiger partial charge in [0, 0.05) is 0 Å². The normalized spacial score (nSPS) is 36.9. The number of carbonyl (C=O) groups excluding carboxylic acids is 2. The first kappa shape index (κ1) is 21.2. The second-order valence-electron chi connectivity index (χ2n) is 10.2. The van der Waals surface area contributed by atoms with Gasteiger partial charge in [0.2, 0.25) is 0 Å². The molecular formula is C25H34O5. The second kappa shape index (κ2) is 7.00. The molecule has 0 unspecified atom stereocenters. The smallest absolute Gasteiger partial charge is 0.338 e. The van der Waals surface area contributed by atoms with E-state index < -0.39 is 5.41 Å². The monoisotopic (exact) mass is 414 g/mol. The zero-order valence-corrected chi connectivity index (χ0v) is 19.1. The van der Waals surface area contributed by atoms with Crippen LogP contribution in [-0.4, -0.2) is 33.3 Å². The molecule has 3 aliphatic carbocycles. The van der Waals surface area contributed by atoms with Crippen LogP contribution in [-0.2, 0) is 26.1 Å². The van der Waals surface area contributed by atoms with Gasteiger partial charge in [0.15, 0.2) is 0 Å². The molecule has 0 spiro atoms. The summed E-state index contributed by atoms with van der Waals surface area (Å²) in [6, 6.07) is 3.75. The van der Waals surface area contributed by atoms with E-state index in [0.29, 0.717) is 11.5 Å². The van der Waals surface area contributed by atoms with Gasteiger partial charge in [-0.1, -0.05) is 20.3 Å². The molecule has 0 heterocycles. The summed E-state index contributed by atoms with van der Waals surface area (Å²) >= 11 is 0. The van der Waals surface area contributed by atoms with Crippen molar-refractivity contribution in [1.82, 2.24) is 0 Å². The Morgan fingerprint density at radius 1 is 0.967 bits per heavy atom. The van der Waals surface area contributed by atoms with E-state index in [-0.39, 0.29) is 28.7 Å². The van der Waals surface area contributed by atoms with Crippen LogP contribution in [0.25, 0.3) is 0 Å². The molecule has 0 aliphatic heterocycles. The Bertz CT molecular complexity index is 892. The lowest BCUT2D eigenvalue weighted by atomic mass is 9.43. The Labute approximate surface area is 179 Å². The molecule has 4 rings (SSSR count). The molecule has 0 N–H and O–H groups in total. The van der Waals surface area contributed by atoms with E-state index in [1.54, 1.807) is 7.11 Å². The summed E-state index contributed by atoms with van der Waals surface area (Å²) in [5.41, 5.74) is 2.29. The van der Waals surface area contributed by atoms with Gasteiger partial charge in [-0.3, -0.25) is 4.79 Å². The van der Waals surface area contributed by atoms with Gasteiger partial charge < -0.3 is 14.2 Å². The van der Waals surface area contributed by atoms with Crippen LogP contribution < -0.4 is 4.74 Å². The molecule has 5 heteroatoms. The molecule has 0 radical (unpaired) electrons. The van der Waals surface area contributed by atoms with Gasteiger partial charge in [-0.25, -0.2) is 4.79 Å². The summed E-state index contributed by atoms with van der Waals surface area (Å²) < 4.78 is 16.1. The third kappa shape index (κ3) is 2.59. The van der Waals surface area contributed by atoms with Crippen molar-refractivity contribution in [2.75, 3.05) is 21.3 Å². The average molecular weight is 415 g/mol. The number of rotatable bonds is 3. The molecule has 0 aromatic heterocycles. The number of esters is 2. The maximum Gasteiger partial charge on any atom is 0.338 e. The van der Waals surface area contributed by atoms with Gasteiger partial charge in [0.05, 0.1) is 32.3 Å². The van der Waals surface area contributed by atoms with Crippen LogP contribution in [0.3, 0.4) is 0 Å². The quantitative estimate of drug-likeness (QED) is 0.672. The van der Waals surface area contributed by atoms with Crippen LogP contribution >= 0.6 is 0 Å². The van der Waals surface area contributed by atoms with Crippen LogP contribution in [0.5, 0.6) is 5.75 Å². The van der Waals surface area contributed by atoms with Gasteiger partial charge in [-0.2, -0.15) is 0 Å². The first-order chi connectivity index (χ1) is 14.2. The van der Waals surface area contributed by atoms with Gasteiger partial charge in [0.25, 0.3) is 0 Å². The second-order valence-corrected chi connectivity index (χ2v) is 10.2. The summed E-state index contributed by atoms with van der Waals surface area (Å²) in [5.74, 6) is 1.09. The first-order valence-corrected chi connectivity index (χ1v) is 11.0. The van der Waals surface area contributed by atoms with Gasteiger partial charge in [-0.15, -0.1) is 0 Å². The Morgan fingerprint density at radius 2 is 1.70 bits per heavy atom. The van der Waals surface area contributed by atoms with Crippen molar-refractivity contribution in [2.24, 2.45) is 22.7 Å². The number of benzene rings is 1.